The number of phosphoric acid groups is 1. The second kappa shape index (κ2) is 12.5. The molecule has 5 N–H and O–H groups in total. The predicted octanol–water partition coefficient (Wildman–Crippen LogP) is -0.657. The summed E-state index contributed by atoms with van der Waals surface area (Å²) in [6, 6.07) is 10.5. The van der Waals surface area contributed by atoms with Gasteiger partial charge < -0.3 is 39.8 Å². The van der Waals surface area contributed by atoms with Gasteiger partial charge in [-0.3, -0.25) is 0 Å². The van der Waals surface area contributed by atoms with E-state index in [0.717, 1.165) is 0 Å². The molecule has 1 unspecified atom stereocenters. The number of nitrogens with two attached hydrogens (primary N) is 1. The van der Waals surface area contributed by atoms with Crippen molar-refractivity contribution in [3.63, 3.8) is 0 Å². The first-order chi connectivity index (χ1) is 16.3. The van der Waals surface area contributed by atoms with Gasteiger partial charge in [-0.15, -0.1) is 0 Å². The topological polar surface area (TPSA) is 169 Å². The largest absolute Gasteiger partial charge is 0.606 e. The first-order valence-corrected chi connectivity index (χ1v) is 12.0. The normalized spacial score (nSPS) is 24.0. The predicted molar refractivity (Wildman–Crippen MR) is 117 cm³/mol. The molecule has 1 aliphatic heterocycles. The molecule has 13 heteroatoms. The standard InChI is InChI=1S/C21H29N2O10P/c1-28-16-6-2-3-7-17(16)30-11-9-29-10-12-31-34(26,27)32-14-18-19(24)20(25)21(33-18)23-8-4-5-15(22)13-23/h2-8,13,18-21,24-25H,9-12,14,22H2,1H3/p+1/t18-,19-,20-,21-/m1/s1. The number of hydrogen-bond acceptors (Lipinski definition) is 11. The van der Waals surface area contributed by atoms with E-state index in [1.807, 2.05) is 12.1 Å². The molecule has 0 radical (unpaired) electrons. The molecule has 34 heavy (non-hydrogen) atoms. The number of aliphatic hydroxyl groups excluding tert-OH is 2. The fourth-order valence-corrected chi connectivity index (χ4v) is 3.97. The van der Waals surface area contributed by atoms with Crippen molar-refractivity contribution in [1.82, 2.24) is 0 Å². The lowest BCUT2D eigenvalue weighted by atomic mass is 10.1. The number of nitrogen functional groups attached to an aromatic ring is 1. The number of phosphoric ester groups is 1. The van der Waals surface area contributed by atoms with Crippen molar-refractivity contribution in [2.45, 2.75) is 24.5 Å². The quantitative estimate of drug-likeness (QED) is 0.156. The van der Waals surface area contributed by atoms with Crippen molar-refractivity contribution in [3.05, 3.63) is 48.8 Å². The van der Waals surface area contributed by atoms with Gasteiger partial charge in [-0.05, 0) is 18.2 Å². The van der Waals surface area contributed by atoms with Crippen LogP contribution in [0.3, 0.4) is 0 Å². The number of aliphatic hydroxyl groups is 2. The highest BCUT2D eigenvalue weighted by Crippen LogP contribution is 2.48. The minimum Gasteiger partial charge on any atom is -0.606 e. The summed E-state index contributed by atoms with van der Waals surface area (Å²) >= 11 is 0. The average Bonchev–Trinajstić information content (AvgIpc) is 3.11. The van der Waals surface area contributed by atoms with Crippen LogP contribution in [0.15, 0.2) is 48.8 Å². The summed E-state index contributed by atoms with van der Waals surface area (Å²) in [5.74, 6) is 1.18. The Bertz CT molecular complexity index is 905. The van der Waals surface area contributed by atoms with E-state index >= 15 is 0 Å². The molecule has 5 atom stereocenters. The number of nitrogens with zero attached hydrogens (tertiary/aromatic N) is 1. The maximum atomic E-state index is 12.1. The monoisotopic (exact) mass is 501 g/mol. The number of rotatable bonds is 13. The summed E-state index contributed by atoms with van der Waals surface area (Å²) in [7, 11) is -2.89. The summed E-state index contributed by atoms with van der Waals surface area (Å²) < 4.78 is 32.9. The number of benzene rings is 1. The van der Waals surface area contributed by atoms with Gasteiger partial charge in [0.1, 0.15) is 32.0 Å². The molecule has 0 amide bonds. The van der Waals surface area contributed by atoms with Gasteiger partial charge in [0, 0.05) is 6.07 Å². The van der Waals surface area contributed by atoms with Gasteiger partial charge in [-0.2, -0.15) is 18.5 Å². The average molecular weight is 501 g/mol. The van der Waals surface area contributed by atoms with Crippen LogP contribution in [0.5, 0.6) is 11.5 Å². The SMILES string of the molecule is COc1ccccc1OCCOCCO[P+]([O-])(O)OC[C@H]1O[C@@H]([n+]2cccc(N)c2)[C@H](O)[C@@H]1O. The molecule has 0 bridgehead atoms. The Hall–Kier alpha value is -2.12. The van der Waals surface area contributed by atoms with Gasteiger partial charge in [0.15, 0.2) is 30.0 Å². The van der Waals surface area contributed by atoms with Gasteiger partial charge in [0.25, 0.3) is 6.23 Å². The Morgan fingerprint density at radius 3 is 2.50 bits per heavy atom. The third kappa shape index (κ3) is 7.44. The van der Waals surface area contributed by atoms with Crippen molar-refractivity contribution >= 4 is 13.9 Å². The fraction of sp³-hybridized carbons (Fsp3) is 0.476. The van der Waals surface area contributed by atoms with E-state index in [-0.39, 0.29) is 26.4 Å². The van der Waals surface area contributed by atoms with Gasteiger partial charge in [-0.1, -0.05) is 12.1 Å². The molecule has 2 heterocycles. The van der Waals surface area contributed by atoms with E-state index in [2.05, 4.69) is 0 Å². The Morgan fingerprint density at radius 1 is 1.03 bits per heavy atom. The van der Waals surface area contributed by atoms with E-state index in [4.69, 9.17) is 33.7 Å². The van der Waals surface area contributed by atoms with Gasteiger partial charge in [0.05, 0.1) is 26.0 Å². The highest BCUT2D eigenvalue weighted by molar-refractivity contribution is 7.52. The molecule has 1 aliphatic rings. The Balaban J connectivity index is 1.33. The first-order valence-electron chi connectivity index (χ1n) is 10.5. The van der Waals surface area contributed by atoms with Crippen LogP contribution in [-0.4, -0.2) is 73.6 Å². The summed E-state index contributed by atoms with van der Waals surface area (Å²) in [5.41, 5.74) is 6.17. The van der Waals surface area contributed by atoms with Crippen LogP contribution in [0.2, 0.25) is 0 Å². The van der Waals surface area contributed by atoms with Crippen molar-refractivity contribution in [1.29, 1.82) is 0 Å². The minimum atomic E-state index is -4.43. The fourth-order valence-electron chi connectivity index (χ4n) is 3.25. The molecule has 1 aromatic carbocycles. The van der Waals surface area contributed by atoms with Crippen LogP contribution in [-0.2, 0) is 18.5 Å². The maximum Gasteiger partial charge on any atom is 0.376 e. The third-order valence-corrected chi connectivity index (χ3v) is 5.90. The Labute approximate surface area is 197 Å². The molecule has 12 nitrogen and oxygen atoms in total. The molecule has 0 aliphatic carbocycles. The summed E-state index contributed by atoms with van der Waals surface area (Å²) in [5, 5.41) is 20.5. The van der Waals surface area contributed by atoms with Crippen LogP contribution >= 0.6 is 8.17 Å². The summed E-state index contributed by atoms with van der Waals surface area (Å²) in [6.45, 7) is -0.182. The molecule has 3 rings (SSSR count). The molecular weight excluding hydrogens is 471 g/mol. The van der Waals surface area contributed by atoms with Crippen molar-refractivity contribution in [2.75, 3.05) is 45.9 Å². The highest BCUT2D eigenvalue weighted by Gasteiger charge is 2.49. The zero-order valence-electron chi connectivity index (χ0n) is 18.6. The van der Waals surface area contributed by atoms with Crippen LogP contribution < -0.4 is 24.7 Å². The number of aromatic nitrogens is 1. The second-order valence-corrected chi connectivity index (χ2v) is 8.79. The molecule has 0 spiro atoms. The smallest absolute Gasteiger partial charge is 0.376 e. The molecule has 1 saturated heterocycles. The number of para-hydroxylation sites is 2. The van der Waals surface area contributed by atoms with Gasteiger partial charge in [0.2, 0.25) is 0 Å². The zero-order valence-corrected chi connectivity index (χ0v) is 19.5. The van der Waals surface area contributed by atoms with E-state index in [1.165, 1.54) is 10.8 Å². The van der Waals surface area contributed by atoms with Crippen LogP contribution in [0, 0.1) is 0 Å². The number of anilines is 1. The number of hydrogen-bond donors (Lipinski definition) is 4. The summed E-state index contributed by atoms with van der Waals surface area (Å²) in [6.07, 6.45) is -1.47. The third-order valence-electron chi connectivity index (χ3n) is 4.91. The van der Waals surface area contributed by atoms with Crippen LogP contribution in [0.4, 0.5) is 5.69 Å². The lowest BCUT2D eigenvalue weighted by Crippen LogP contribution is -2.45. The molecule has 2 aromatic rings. The molecule has 188 valence electrons. The minimum absolute atomic E-state index is 0.0264. The first kappa shape index (κ1) is 26.5. The van der Waals surface area contributed by atoms with E-state index < -0.39 is 39.3 Å². The van der Waals surface area contributed by atoms with E-state index in [9.17, 15) is 20.0 Å². The van der Waals surface area contributed by atoms with E-state index in [1.54, 1.807) is 37.6 Å². The highest BCUT2D eigenvalue weighted by atomic mass is 31.2. The Morgan fingerprint density at radius 2 is 1.76 bits per heavy atom. The lowest BCUT2D eigenvalue weighted by Gasteiger charge is -2.21. The molecule has 1 aromatic heterocycles. The van der Waals surface area contributed by atoms with Crippen molar-refractivity contribution < 1.29 is 52.6 Å². The molecule has 0 saturated carbocycles. The Kier molecular flexibility index (Phi) is 9.77. The lowest BCUT2D eigenvalue weighted by molar-refractivity contribution is -0.765. The zero-order chi connectivity index (χ0) is 24.6. The maximum absolute atomic E-state index is 12.1. The number of pyridine rings is 1. The molecular formula is C21H30N2O10P+. The molecule has 1 fully saturated rings. The second-order valence-electron chi connectivity index (χ2n) is 7.34. The van der Waals surface area contributed by atoms with Gasteiger partial charge >= 0.3 is 8.17 Å². The van der Waals surface area contributed by atoms with E-state index in [0.29, 0.717) is 17.2 Å². The number of ether oxygens (including phenoxy) is 4. The van der Waals surface area contributed by atoms with Crippen molar-refractivity contribution in [3.8, 4) is 11.5 Å². The number of methoxy groups -OCH3 is 1. The van der Waals surface area contributed by atoms with Gasteiger partial charge in [-0.25, -0.2) is 0 Å². The van der Waals surface area contributed by atoms with Crippen LogP contribution in [0.25, 0.3) is 0 Å². The van der Waals surface area contributed by atoms with Crippen molar-refractivity contribution in [2.24, 2.45) is 0 Å². The summed E-state index contributed by atoms with van der Waals surface area (Å²) in [4.78, 5) is 21.9. The van der Waals surface area contributed by atoms with Crippen LogP contribution in [0.1, 0.15) is 6.23 Å².